The minimum absolute atomic E-state index is 0.0584. The van der Waals surface area contributed by atoms with Crippen molar-refractivity contribution in [3.63, 3.8) is 0 Å². The molecule has 4 heteroatoms. The van der Waals surface area contributed by atoms with Crippen LogP contribution in [0.2, 0.25) is 0 Å². The molecule has 2 atom stereocenters. The number of thioether (sulfide) groups is 1. The lowest BCUT2D eigenvalue weighted by atomic mass is 9.69. The van der Waals surface area contributed by atoms with Crippen molar-refractivity contribution in [2.45, 2.75) is 84.2 Å². The molecular formula is C23H34O3S. The van der Waals surface area contributed by atoms with Gasteiger partial charge >= 0.3 is 0 Å². The molecular weight excluding hydrogens is 356 g/mol. The fourth-order valence-corrected chi connectivity index (χ4v) is 4.63. The first-order valence-electron chi connectivity index (χ1n) is 10.2. The summed E-state index contributed by atoms with van der Waals surface area (Å²) in [4.78, 5) is 13.0. The third kappa shape index (κ3) is 3.87. The third-order valence-electron chi connectivity index (χ3n) is 6.37. The predicted molar refractivity (Wildman–Crippen MR) is 113 cm³/mol. The van der Waals surface area contributed by atoms with Gasteiger partial charge in [0.25, 0.3) is 0 Å². The van der Waals surface area contributed by atoms with Crippen LogP contribution in [0.25, 0.3) is 0 Å². The van der Waals surface area contributed by atoms with Crippen LogP contribution in [0.1, 0.15) is 83.8 Å². The molecule has 0 spiro atoms. The van der Waals surface area contributed by atoms with Gasteiger partial charge in [0.15, 0.2) is 11.9 Å². The third-order valence-corrected chi connectivity index (χ3v) is 6.72. The maximum absolute atomic E-state index is 13.0. The normalized spacial score (nSPS) is 23.6. The number of benzene rings is 1. The lowest BCUT2D eigenvalue weighted by Crippen LogP contribution is -2.43. The molecule has 0 N–H and O–H groups in total. The van der Waals surface area contributed by atoms with Crippen molar-refractivity contribution in [1.82, 2.24) is 0 Å². The Morgan fingerprint density at radius 3 is 2.74 bits per heavy atom. The summed E-state index contributed by atoms with van der Waals surface area (Å²) in [6.45, 7) is 10.9. The van der Waals surface area contributed by atoms with Gasteiger partial charge in [0.05, 0.1) is 0 Å². The molecule has 1 aromatic rings. The number of carbonyl (C=O) groups excluding carboxylic acids is 1. The summed E-state index contributed by atoms with van der Waals surface area (Å²) < 4.78 is 12.4. The Morgan fingerprint density at radius 1 is 1.33 bits per heavy atom. The molecule has 27 heavy (non-hydrogen) atoms. The number of fused-ring (bicyclic) bond motifs is 3. The highest BCUT2D eigenvalue weighted by atomic mass is 32.2. The number of ketones is 1. The van der Waals surface area contributed by atoms with Gasteiger partial charge in [0, 0.05) is 16.9 Å². The van der Waals surface area contributed by atoms with Crippen molar-refractivity contribution in [2.75, 3.05) is 12.2 Å². The Balaban J connectivity index is 2.01. The summed E-state index contributed by atoms with van der Waals surface area (Å²) in [5, 5.41) is 0. The average Bonchev–Trinajstić information content (AvgIpc) is 3.00. The van der Waals surface area contributed by atoms with Gasteiger partial charge < -0.3 is 9.47 Å². The van der Waals surface area contributed by atoms with Crippen molar-refractivity contribution in [2.24, 2.45) is 5.41 Å². The molecule has 1 fully saturated rings. The molecule has 0 bridgehead atoms. The standard InChI is InChI=1S/C23H34O3S/c1-7-8-10-22(2,3)15-12-17(25-14-27-6)19-16-9-11-23(4,5)21(24)20(16)26-18(19)13-15/h12-13,16,20H,7-11,14H2,1-6H3. The molecule has 2 aliphatic rings. The van der Waals surface area contributed by atoms with E-state index in [2.05, 4.69) is 32.9 Å². The first-order chi connectivity index (χ1) is 12.7. The van der Waals surface area contributed by atoms with Crippen LogP contribution in [0.15, 0.2) is 12.1 Å². The van der Waals surface area contributed by atoms with E-state index in [9.17, 15) is 4.79 Å². The summed E-state index contributed by atoms with van der Waals surface area (Å²) in [5.41, 5.74) is 2.12. The summed E-state index contributed by atoms with van der Waals surface area (Å²) in [6, 6.07) is 4.39. The van der Waals surface area contributed by atoms with Crippen LogP contribution >= 0.6 is 11.8 Å². The fourth-order valence-electron chi connectivity index (χ4n) is 4.39. The molecule has 150 valence electrons. The highest BCUT2D eigenvalue weighted by Crippen LogP contribution is 2.53. The van der Waals surface area contributed by atoms with Crippen LogP contribution in [0.4, 0.5) is 0 Å². The highest BCUT2D eigenvalue weighted by Gasteiger charge is 2.50. The molecule has 1 aliphatic heterocycles. The minimum atomic E-state index is -0.352. The van der Waals surface area contributed by atoms with E-state index in [4.69, 9.17) is 9.47 Å². The number of carbonyl (C=O) groups is 1. The lowest BCUT2D eigenvalue weighted by Gasteiger charge is -2.35. The smallest absolute Gasteiger partial charge is 0.179 e. The van der Waals surface area contributed by atoms with Gasteiger partial charge in [-0.3, -0.25) is 4.79 Å². The highest BCUT2D eigenvalue weighted by molar-refractivity contribution is 7.98. The summed E-state index contributed by atoms with van der Waals surface area (Å²) >= 11 is 1.67. The van der Waals surface area contributed by atoms with E-state index in [1.54, 1.807) is 11.8 Å². The van der Waals surface area contributed by atoms with Crippen LogP contribution in [-0.4, -0.2) is 24.1 Å². The van der Waals surface area contributed by atoms with E-state index in [0.717, 1.165) is 36.3 Å². The Labute approximate surface area is 168 Å². The molecule has 3 rings (SSSR count). The number of Topliss-reactive ketones (excluding diaryl/α,β-unsaturated/α-hetero) is 1. The summed E-state index contributed by atoms with van der Waals surface area (Å²) in [6.07, 6.45) is 7.09. The van der Waals surface area contributed by atoms with Crippen molar-refractivity contribution >= 4 is 17.5 Å². The number of hydrogen-bond donors (Lipinski definition) is 0. The second-order valence-corrected chi connectivity index (χ2v) is 10.2. The lowest BCUT2D eigenvalue weighted by molar-refractivity contribution is -0.137. The van der Waals surface area contributed by atoms with E-state index in [0.29, 0.717) is 5.94 Å². The zero-order valence-corrected chi connectivity index (χ0v) is 18.5. The first kappa shape index (κ1) is 20.6. The molecule has 1 aromatic carbocycles. The number of rotatable bonds is 7. The SMILES string of the molecule is CCCCC(C)(C)c1cc(OCSC)c2c(c1)OC1C(=O)C(C)(C)CCC21. The van der Waals surface area contributed by atoms with Gasteiger partial charge in [-0.05, 0) is 48.6 Å². The summed E-state index contributed by atoms with van der Waals surface area (Å²) in [5.74, 6) is 2.76. The van der Waals surface area contributed by atoms with Crippen molar-refractivity contribution in [3.05, 3.63) is 23.3 Å². The molecule has 0 aromatic heterocycles. The largest absolute Gasteiger partial charge is 0.483 e. The van der Waals surface area contributed by atoms with Gasteiger partial charge in [0.1, 0.15) is 17.4 Å². The summed E-state index contributed by atoms with van der Waals surface area (Å²) in [7, 11) is 0. The number of unbranched alkanes of at least 4 members (excludes halogenated alkanes) is 1. The van der Waals surface area contributed by atoms with Crippen molar-refractivity contribution < 1.29 is 14.3 Å². The molecule has 2 unspecified atom stereocenters. The van der Waals surface area contributed by atoms with E-state index >= 15 is 0 Å². The Bertz CT molecular complexity index is 708. The van der Waals surface area contributed by atoms with E-state index < -0.39 is 0 Å². The first-order valence-corrected chi connectivity index (χ1v) is 11.6. The van der Waals surface area contributed by atoms with Crippen LogP contribution in [0, 0.1) is 5.41 Å². The van der Waals surface area contributed by atoms with Crippen molar-refractivity contribution in [3.8, 4) is 11.5 Å². The second kappa shape index (κ2) is 7.69. The minimum Gasteiger partial charge on any atom is -0.483 e. The van der Waals surface area contributed by atoms with E-state index in [1.807, 2.05) is 20.1 Å². The van der Waals surface area contributed by atoms with Gasteiger partial charge in [-0.1, -0.05) is 47.5 Å². The maximum Gasteiger partial charge on any atom is 0.179 e. The molecule has 0 radical (unpaired) electrons. The molecule has 0 amide bonds. The van der Waals surface area contributed by atoms with Crippen LogP contribution in [0.5, 0.6) is 11.5 Å². The van der Waals surface area contributed by atoms with Gasteiger partial charge in [0.2, 0.25) is 0 Å². The monoisotopic (exact) mass is 390 g/mol. The molecule has 1 aliphatic carbocycles. The molecule has 3 nitrogen and oxygen atoms in total. The predicted octanol–water partition coefficient (Wildman–Crippen LogP) is 6.09. The molecule has 1 saturated carbocycles. The average molecular weight is 391 g/mol. The molecule has 0 saturated heterocycles. The Morgan fingerprint density at radius 2 is 2.07 bits per heavy atom. The topological polar surface area (TPSA) is 35.5 Å². The Hall–Kier alpha value is -1.16. The quantitative estimate of drug-likeness (QED) is 0.528. The van der Waals surface area contributed by atoms with Gasteiger partial charge in [-0.15, -0.1) is 11.8 Å². The zero-order chi connectivity index (χ0) is 19.8. The van der Waals surface area contributed by atoms with Gasteiger partial charge in [-0.25, -0.2) is 0 Å². The van der Waals surface area contributed by atoms with E-state index in [-0.39, 0.29) is 28.6 Å². The van der Waals surface area contributed by atoms with E-state index in [1.165, 1.54) is 18.4 Å². The maximum atomic E-state index is 13.0. The Kier molecular flexibility index (Phi) is 5.86. The van der Waals surface area contributed by atoms with Crippen LogP contribution < -0.4 is 9.47 Å². The second-order valence-electron chi connectivity index (χ2n) is 9.36. The fraction of sp³-hybridized carbons (Fsp3) is 0.696. The van der Waals surface area contributed by atoms with Crippen LogP contribution in [-0.2, 0) is 10.2 Å². The van der Waals surface area contributed by atoms with Gasteiger partial charge in [-0.2, -0.15) is 0 Å². The number of ether oxygens (including phenoxy) is 2. The molecule has 1 heterocycles. The zero-order valence-electron chi connectivity index (χ0n) is 17.7. The van der Waals surface area contributed by atoms with Crippen molar-refractivity contribution in [1.29, 1.82) is 0 Å². The number of hydrogen-bond acceptors (Lipinski definition) is 4. The van der Waals surface area contributed by atoms with Crippen LogP contribution in [0.3, 0.4) is 0 Å².